The third kappa shape index (κ3) is 1.18. The zero-order valence-electron chi connectivity index (χ0n) is 9.43. The third-order valence-corrected chi connectivity index (χ3v) is 4.01. The second-order valence-corrected chi connectivity index (χ2v) is 5.05. The van der Waals surface area contributed by atoms with E-state index in [0.717, 1.165) is 11.1 Å². The maximum Gasteiger partial charge on any atom is 0.310 e. The van der Waals surface area contributed by atoms with E-state index in [1.165, 1.54) is 0 Å². The van der Waals surface area contributed by atoms with E-state index in [4.69, 9.17) is 0 Å². The molecule has 1 aromatic carbocycles. The van der Waals surface area contributed by atoms with Crippen molar-refractivity contribution in [3.05, 3.63) is 35.4 Å². The number of hydrogen-bond donors (Lipinski definition) is 2. The van der Waals surface area contributed by atoms with Crippen LogP contribution in [-0.4, -0.2) is 17.0 Å². The zero-order valence-corrected chi connectivity index (χ0v) is 9.43. The minimum Gasteiger partial charge on any atom is -0.481 e. The number of fused-ring (bicyclic) bond motifs is 2. The molecule has 2 heterocycles. The van der Waals surface area contributed by atoms with E-state index >= 15 is 0 Å². The van der Waals surface area contributed by atoms with Gasteiger partial charge in [-0.1, -0.05) is 24.3 Å². The van der Waals surface area contributed by atoms with Crippen LogP contribution >= 0.6 is 0 Å². The van der Waals surface area contributed by atoms with Gasteiger partial charge in [0.2, 0.25) is 5.91 Å². The van der Waals surface area contributed by atoms with Gasteiger partial charge in [0.05, 0.1) is 17.4 Å². The molecule has 17 heavy (non-hydrogen) atoms. The molecule has 0 saturated carbocycles. The Morgan fingerprint density at radius 1 is 1.41 bits per heavy atom. The van der Waals surface area contributed by atoms with E-state index in [9.17, 15) is 14.7 Å². The molecular weight excluding hydrogens is 218 g/mol. The molecule has 2 aliphatic heterocycles. The number of carbonyl (C=O) groups excluding carboxylic acids is 1. The molecule has 3 unspecified atom stereocenters. The summed E-state index contributed by atoms with van der Waals surface area (Å²) in [5.74, 6) is -1.62. The van der Waals surface area contributed by atoms with E-state index in [-0.39, 0.29) is 11.9 Å². The summed E-state index contributed by atoms with van der Waals surface area (Å²) in [6.45, 7) is 1.67. The molecule has 1 aromatic rings. The van der Waals surface area contributed by atoms with Crippen LogP contribution in [0, 0.1) is 5.41 Å². The van der Waals surface area contributed by atoms with Crippen molar-refractivity contribution < 1.29 is 14.7 Å². The van der Waals surface area contributed by atoms with E-state index in [2.05, 4.69) is 5.32 Å². The van der Waals surface area contributed by atoms with Crippen molar-refractivity contribution in [1.82, 2.24) is 5.32 Å². The lowest BCUT2D eigenvalue weighted by Crippen LogP contribution is -2.55. The molecule has 1 saturated heterocycles. The second-order valence-electron chi connectivity index (χ2n) is 5.05. The van der Waals surface area contributed by atoms with Crippen LogP contribution < -0.4 is 5.32 Å². The fourth-order valence-corrected chi connectivity index (χ4v) is 3.11. The molecule has 1 fully saturated rings. The monoisotopic (exact) mass is 231 g/mol. The van der Waals surface area contributed by atoms with Crippen molar-refractivity contribution in [3.8, 4) is 0 Å². The summed E-state index contributed by atoms with van der Waals surface area (Å²) in [5, 5.41) is 12.3. The quantitative estimate of drug-likeness (QED) is 0.768. The first-order chi connectivity index (χ1) is 8.04. The molecule has 88 valence electrons. The smallest absolute Gasteiger partial charge is 0.310 e. The van der Waals surface area contributed by atoms with Gasteiger partial charge in [-0.05, 0) is 24.5 Å². The molecule has 3 aliphatic rings. The molecule has 4 heteroatoms. The molecule has 3 atom stereocenters. The Bertz CT molecular complexity index is 525. The largest absolute Gasteiger partial charge is 0.481 e. The van der Waals surface area contributed by atoms with Gasteiger partial charge >= 0.3 is 5.97 Å². The van der Waals surface area contributed by atoms with Crippen molar-refractivity contribution in [2.24, 2.45) is 5.41 Å². The zero-order chi connectivity index (χ0) is 12.2. The maximum atomic E-state index is 12.0. The molecule has 2 bridgehead atoms. The first-order valence-electron chi connectivity index (χ1n) is 5.66. The molecule has 4 rings (SSSR count). The summed E-state index contributed by atoms with van der Waals surface area (Å²) in [7, 11) is 0. The number of nitrogens with one attached hydrogen (secondary N) is 1. The summed E-state index contributed by atoms with van der Waals surface area (Å²) in [4.78, 5) is 23.4. The highest BCUT2D eigenvalue weighted by Crippen LogP contribution is 2.53. The van der Waals surface area contributed by atoms with E-state index in [1.807, 2.05) is 24.3 Å². The fourth-order valence-electron chi connectivity index (χ4n) is 3.11. The molecule has 0 aromatic heterocycles. The first kappa shape index (κ1) is 10.3. The minimum absolute atomic E-state index is 0.162. The Hall–Kier alpha value is -1.84. The van der Waals surface area contributed by atoms with Gasteiger partial charge in [0.1, 0.15) is 0 Å². The van der Waals surface area contributed by atoms with Crippen LogP contribution in [-0.2, 0) is 9.59 Å². The van der Waals surface area contributed by atoms with E-state index < -0.39 is 17.3 Å². The molecule has 0 spiro atoms. The SMILES string of the molecule is CC1(C(=O)O)CC2NC(=O)C1c1ccccc12. The number of amides is 1. The normalized spacial score (nSPS) is 34.1. The Morgan fingerprint density at radius 3 is 2.71 bits per heavy atom. The average molecular weight is 231 g/mol. The van der Waals surface area contributed by atoms with Crippen molar-refractivity contribution in [2.75, 3.05) is 0 Å². The fraction of sp³-hybridized carbons (Fsp3) is 0.385. The summed E-state index contributed by atoms with van der Waals surface area (Å²) in [5.41, 5.74) is 0.953. The van der Waals surface area contributed by atoms with Gasteiger partial charge in [-0.15, -0.1) is 0 Å². The third-order valence-electron chi connectivity index (χ3n) is 4.01. The van der Waals surface area contributed by atoms with E-state index in [1.54, 1.807) is 6.92 Å². The van der Waals surface area contributed by atoms with Gasteiger partial charge in [0.15, 0.2) is 0 Å². The van der Waals surface area contributed by atoms with Gasteiger partial charge < -0.3 is 10.4 Å². The summed E-state index contributed by atoms with van der Waals surface area (Å²) in [6, 6.07) is 7.45. The lowest BCUT2D eigenvalue weighted by molar-refractivity contribution is -0.157. The Morgan fingerprint density at radius 2 is 2.06 bits per heavy atom. The number of aliphatic carboxylic acids is 1. The number of carbonyl (C=O) groups is 2. The number of hydrogen-bond acceptors (Lipinski definition) is 2. The second kappa shape index (κ2) is 3.09. The highest BCUT2D eigenvalue weighted by Gasteiger charge is 2.56. The summed E-state index contributed by atoms with van der Waals surface area (Å²) in [6.07, 6.45) is 0.468. The number of carboxylic acid groups (broad SMARTS) is 1. The molecule has 4 nitrogen and oxygen atoms in total. The van der Waals surface area contributed by atoms with Gasteiger partial charge in [-0.3, -0.25) is 9.59 Å². The standard InChI is InChI=1S/C13H13NO3/c1-13(12(16)17)6-9-7-4-2-3-5-8(7)10(13)11(15)14-9/h2-5,9-10H,6H2,1H3,(H,14,15)(H,16,17). The van der Waals surface area contributed by atoms with Crippen molar-refractivity contribution in [1.29, 1.82) is 0 Å². The van der Waals surface area contributed by atoms with Crippen LogP contribution in [0.3, 0.4) is 0 Å². The maximum absolute atomic E-state index is 12.0. The van der Waals surface area contributed by atoms with Gasteiger partial charge in [0, 0.05) is 0 Å². The van der Waals surface area contributed by atoms with Gasteiger partial charge in [-0.2, -0.15) is 0 Å². The predicted molar refractivity (Wildman–Crippen MR) is 60.4 cm³/mol. The van der Waals surface area contributed by atoms with Crippen LogP contribution in [0.2, 0.25) is 0 Å². The van der Waals surface area contributed by atoms with Crippen LogP contribution in [0.25, 0.3) is 0 Å². The van der Waals surface area contributed by atoms with Crippen LogP contribution in [0.1, 0.15) is 36.4 Å². The van der Waals surface area contributed by atoms with Crippen LogP contribution in [0.15, 0.2) is 24.3 Å². The molecular formula is C13H13NO3. The van der Waals surface area contributed by atoms with Gasteiger partial charge in [0.25, 0.3) is 0 Å². The van der Waals surface area contributed by atoms with Crippen molar-refractivity contribution in [3.63, 3.8) is 0 Å². The van der Waals surface area contributed by atoms with Crippen molar-refractivity contribution in [2.45, 2.75) is 25.3 Å². The highest BCUT2D eigenvalue weighted by molar-refractivity contribution is 5.95. The number of rotatable bonds is 1. The van der Waals surface area contributed by atoms with Crippen molar-refractivity contribution >= 4 is 11.9 Å². The molecule has 1 aliphatic carbocycles. The average Bonchev–Trinajstić information content (AvgIpc) is 2.28. The number of piperidine rings is 1. The van der Waals surface area contributed by atoms with Crippen LogP contribution in [0.5, 0.6) is 0 Å². The minimum atomic E-state index is -0.985. The predicted octanol–water partition coefficient (Wildman–Crippen LogP) is 1.44. The lowest BCUT2D eigenvalue weighted by Gasteiger charge is -2.47. The lowest BCUT2D eigenvalue weighted by atomic mass is 9.60. The topological polar surface area (TPSA) is 66.4 Å². The number of carboxylic acids is 1. The summed E-state index contributed by atoms with van der Waals surface area (Å²) >= 11 is 0. The molecule has 0 radical (unpaired) electrons. The van der Waals surface area contributed by atoms with E-state index in [0.29, 0.717) is 6.42 Å². The summed E-state index contributed by atoms with van der Waals surface area (Å²) < 4.78 is 0. The van der Waals surface area contributed by atoms with Gasteiger partial charge in [-0.25, -0.2) is 0 Å². The highest BCUT2D eigenvalue weighted by atomic mass is 16.4. The number of benzene rings is 1. The Labute approximate surface area is 98.6 Å². The molecule has 2 N–H and O–H groups in total. The first-order valence-corrected chi connectivity index (χ1v) is 5.66. The van der Waals surface area contributed by atoms with Crippen LogP contribution in [0.4, 0.5) is 0 Å². The Balaban J connectivity index is 2.22. The molecule has 1 amide bonds. The Kier molecular flexibility index (Phi) is 1.88.